The minimum absolute atomic E-state index is 0.117. The van der Waals surface area contributed by atoms with Crippen LogP contribution in [0.4, 0.5) is 0 Å². The second-order valence-corrected chi connectivity index (χ2v) is 1.44. The molecule has 1 heterocycles. The van der Waals surface area contributed by atoms with Crippen molar-refractivity contribution in [2.45, 2.75) is 0 Å². The molecule has 1 aromatic rings. The number of pyridine rings is 1. The first kappa shape index (κ1) is 5.57. The van der Waals surface area contributed by atoms with Gasteiger partial charge in [0.1, 0.15) is 12.3 Å². The van der Waals surface area contributed by atoms with Gasteiger partial charge in [-0.2, -0.15) is 5.26 Å². The summed E-state index contributed by atoms with van der Waals surface area (Å²) >= 11 is 0. The monoisotopic (exact) mass is 119 g/mol. The predicted molar refractivity (Wildman–Crippen MR) is 29.5 cm³/mol. The van der Waals surface area contributed by atoms with E-state index in [0.717, 1.165) is 0 Å². The van der Waals surface area contributed by atoms with E-state index in [4.69, 9.17) is 10.4 Å². The highest BCUT2D eigenvalue weighted by molar-refractivity contribution is 5.26. The molecule has 1 N–H and O–H groups in total. The zero-order valence-electron chi connectivity index (χ0n) is 4.50. The summed E-state index contributed by atoms with van der Waals surface area (Å²) in [6.45, 7) is 0. The van der Waals surface area contributed by atoms with Crippen molar-refractivity contribution >= 4 is 0 Å². The zero-order valence-corrected chi connectivity index (χ0v) is 4.50. The van der Waals surface area contributed by atoms with Crippen molar-refractivity contribution in [1.29, 1.82) is 5.26 Å². The van der Waals surface area contributed by atoms with E-state index >= 15 is 0 Å². The minimum Gasteiger partial charge on any atom is -0.493 e. The van der Waals surface area contributed by atoms with Gasteiger partial charge >= 0.3 is 0 Å². The maximum Gasteiger partial charge on any atom is 0.211 e. The Balaban J connectivity index is 3.06. The summed E-state index contributed by atoms with van der Waals surface area (Å²) in [6, 6.07) is 4.61. The largest absolute Gasteiger partial charge is 0.493 e. The molecule has 0 amide bonds. The molecule has 0 aliphatic rings. The summed E-state index contributed by atoms with van der Waals surface area (Å²) in [6.07, 6.45) is 2.33. The number of aromatic nitrogens is 1. The minimum atomic E-state index is -0.117. The van der Waals surface area contributed by atoms with Gasteiger partial charge in [-0.05, 0) is 6.07 Å². The van der Waals surface area contributed by atoms with Gasteiger partial charge in [-0.15, -0.1) is 0 Å². The van der Waals surface area contributed by atoms with E-state index in [2.05, 4.69) is 11.2 Å². The Bertz CT molecular complexity index is 234. The van der Waals surface area contributed by atoms with Crippen LogP contribution >= 0.6 is 0 Å². The van der Waals surface area contributed by atoms with E-state index in [-0.39, 0.29) is 5.88 Å². The predicted octanol–water partition coefficient (Wildman–Crippen LogP) is 0.459. The van der Waals surface area contributed by atoms with E-state index in [1.807, 2.05) is 6.07 Å². The molecule has 0 unspecified atom stereocenters. The molecule has 1 rings (SSSR count). The van der Waals surface area contributed by atoms with E-state index < -0.39 is 0 Å². The van der Waals surface area contributed by atoms with Gasteiger partial charge in [0.15, 0.2) is 0 Å². The molecule has 0 saturated heterocycles. The lowest BCUT2D eigenvalue weighted by Crippen LogP contribution is -1.76. The third-order valence-electron chi connectivity index (χ3n) is 0.810. The third-order valence-corrected chi connectivity index (χ3v) is 0.810. The molecule has 43 valence electrons. The smallest absolute Gasteiger partial charge is 0.211 e. The molecule has 0 aliphatic carbocycles. The molecule has 0 saturated carbocycles. The van der Waals surface area contributed by atoms with Gasteiger partial charge in [-0.25, -0.2) is 4.98 Å². The van der Waals surface area contributed by atoms with Crippen molar-refractivity contribution in [2.24, 2.45) is 0 Å². The fourth-order valence-corrected chi connectivity index (χ4v) is 0.412. The molecule has 0 aromatic carbocycles. The highest BCUT2D eigenvalue weighted by Crippen LogP contribution is 2.01. The molecular formula is C6H3N2O. The van der Waals surface area contributed by atoms with Crippen molar-refractivity contribution in [1.82, 2.24) is 4.98 Å². The lowest BCUT2D eigenvalue weighted by molar-refractivity contribution is 0.453. The van der Waals surface area contributed by atoms with Crippen LogP contribution in [0.25, 0.3) is 0 Å². The zero-order chi connectivity index (χ0) is 6.69. The number of nitriles is 1. The molecule has 3 heteroatoms. The molecule has 1 aromatic heterocycles. The SMILES string of the molecule is N#Cc1[c]nc(O)cc1. The fourth-order valence-electron chi connectivity index (χ4n) is 0.412. The van der Waals surface area contributed by atoms with Gasteiger partial charge in [0.2, 0.25) is 5.88 Å². The molecule has 0 aliphatic heterocycles. The van der Waals surface area contributed by atoms with Crippen LogP contribution in [0.1, 0.15) is 5.56 Å². The van der Waals surface area contributed by atoms with E-state index in [9.17, 15) is 0 Å². The quantitative estimate of drug-likeness (QED) is 0.539. The van der Waals surface area contributed by atoms with Gasteiger partial charge in [-0.1, -0.05) is 0 Å². The van der Waals surface area contributed by atoms with Crippen LogP contribution in [0, 0.1) is 17.5 Å². The van der Waals surface area contributed by atoms with Crippen LogP contribution in [0.15, 0.2) is 12.1 Å². The van der Waals surface area contributed by atoms with E-state index in [1.165, 1.54) is 12.1 Å². The summed E-state index contributed by atoms with van der Waals surface area (Å²) in [4.78, 5) is 3.36. The lowest BCUT2D eigenvalue weighted by atomic mass is 10.3. The molecule has 9 heavy (non-hydrogen) atoms. The van der Waals surface area contributed by atoms with Gasteiger partial charge in [0, 0.05) is 6.07 Å². The van der Waals surface area contributed by atoms with Gasteiger partial charge in [-0.3, -0.25) is 0 Å². The highest BCUT2D eigenvalue weighted by atomic mass is 16.3. The summed E-state index contributed by atoms with van der Waals surface area (Å²) in [5.74, 6) is -0.117. The van der Waals surface area contributed by atoms with Crippen LogP contribution in [0.2, 0.25) is 0 Å². The van der Waals surface area contributed by atoms with Crippen molar-refractivity contribution in [3.05, 3.63) is 23.9 Å². The molecule has 0 atom stereocenters. The molecule has 0 spiro atoms. The van der Waals surface area contributed by atoms with Gasteiger partial charge in [0.05, 0.1) is 5.56 Å². The second-order valence-electron chi connectivity index (χ2n) is 1.44. The van der Waals surface area contributed by atoms with Crippen LogP contribution in [0.5, 0.6) is 5.88 Å². The second kappa shape index (κ2) is 2.14. The third kappa shape index (κ3) is 1.16. The number of rotatable bonds is 0. The topological polar surface area (TPSA) is 56.9 Å². The van der Waals surface area contributed by atoms with Crippen molar-refractivity contribution in [3.63, 3.8) is 0 Å². The first-order valence-electron chi connectivity index (χ1n) is 2.31. The Morgan fingerprint density at radius 2 is 2.44 bits per heavy atom. The lowest BCUT2D eigenvalue weighted by Gasteiger charge is -1.85. The number of nitrogens with zero attached hydrogens (tertiary/aromatic N) is 2. The first-order valence-corrected chi connectivity index (χ1v) is 2.31. The standard InChI is InChI=1S/C6H3N2O/c7-3-5-1-2-6(9)8-4-5/h1-2H,(H,8,9). The Morgan fingerprint density at radius 1 is 1.67 bits per heavy atom. The maximum absolute atomic E-state index is 8.60. The van der Waals surface area contributed by atoms with Crippen LogP contribution < -0.4 is 0 Å². The number of aromatic hydroxyl groups is 1. The van der Waals surface area contributed by atoms with Crippen molar-refractivity contribution in [3.8, 4) is 11.9 Å². The molecular weight excluding hydrogens is 116 g/mol. The summed E-state index contributed by atoms with van der Waals surface area (Å²) in [7, 11) is 0. The van der Waals surface area contributed by atoms with Gasteiger partial charge < -0.3 is 5.11 Å². The summed E-state index contributed by atoms with van der Waals surface area (Å²) in [5.41, 5.74) is 0.327. The number of hydrogen-bond donors (Lipinski definition) is 1. The van der Waals surface area contributed by atoms with Crippen LogP contribution in [-0.2, 0) is 0 Å². The van der Waals surface area contributed by atoms with Crippen molar-refractivity contribution < 1.29 is 5.11 Å². The first-order chi connectivity index (χ1) is 4.33. The highest BCUT2D eigenvalue weighted by Gasteiger charge is 1.89. The summed E-state index contributed by atoms with van der Waals surface area (Å²) in [5, 5.41) is 16.8. The molecule has 1 radical (unpaired) electrons. The average Bonchev–Trinajstić information content (AvgIpc) is 1.90. The maximum atomic E-state index is 8.60. The van der Waals surface area contributed by atoms with Crippen LogP contribution in [-0.4, -0.2) is 10.1 Å². The Kier molecular flexibility index (Phi) is 1.32. The van der Waals surface area contributed by atoms with Crippen LogP contribution in [0.3, 0.4) is 0 Å². The molecule has 3 nitrogen and oxygen atoms in total. The molecule has 0 fully saturated rings. The normalized spacial score (nSPS) is 8.33. The van der Waals surface area contributed by atoms with E-state index in [0.29, 0.717) is 5.56 Å². The Morgan fingerprint density at radius 3 is 2.89 bits per heavy atom. The van der Waals surface area contributed by atoms with Gasteiger partial charge in [0.25, 0.3) is 0 Å². The number of hydrogen-bond acceptors (Lipinski definition) is 3. The summed E-state index contributed by atoms with van der Waals surface area (Å²) < 4.78 is 0. The molecule has 0 bridgehead atoms. The Hall–Kier alpha value is -1.56. The van der Waals surface area contributed by atoms with Crippen molar-refractivity contribution in [2.75, 3.05) is 0 Å². The fraction of sp³-hybridized carbons (Fsp3) is 0. The average molecular weight is 119 g/mol. The van der Waals surface area contributed by atoms with E-state index in [1.54, 1.807) is 0 Å². The Labute approximate surface area is 52.2 Å².